The van der Waals surface area contributed by atoms with E-state index in [4.69, 9.17) is 0 Å². The molecule has 1 aliphatic carbocycles. The van der Waals surface area contributed by atoms with Crippen molar-refractivity contribution in [3.05, 3.63) is 11.4 Å². The van der Waals surface area contributed by atoms with Crippen molar-refractivity contribution in [1.29, 1.82) is 0 Å². The number of nitrogens with one attached hydrogen (secondary N) is 2. The van der Waals surface area contributed by atoms with E-state index in [2.05, 4.69) is 21.8 Å². The zero-order valence-electron chi connectivity index (χ0n) is 11.9. The van der Waals surface area contributed by atoms with Crippen LogP contribution in [0.1, 0.15) is 50.4 Å². The van der Waals surface area contributed by atoms with Gasteiger partial charge in [-0.3, -0.25) is 5.10 Å². The first-order valence-corrected chi connectivity index (χ1v) is 8.42. The maximum atomic E-state index is 12.4. The Balaban J connectivity index is 2.13. The van der Waals surface area contributed by atoms with E-state index in [-0.39, 0.29) is 6.04 Å². The first-order chi connectivity index (χ1) is 8.90. The van der Waals surface area contributed by atoms with Crippen LogP contribution in [0.4, 0.5) is 0 Å². The lowest BCUT2D eigenvalue weighted by atomic mass is 10.0. The monoisotopic (exact) mass is 285 g/mol. The molecule has 0 saturated heterocycles. The van der Waals surface area contributed by atoms with Crippen molar-refractivity contribution < 1.29 is 8.42 Å². The lowest BCUT2D eigenvalue weighted by Gasteiger charge is -2.16. The summed E-state index contributed by atoms with van der Waals surface area (Å²) < 4.78 is 27.7. The van der Waals surface area contributed by atoms with E-state index < -0.39 is 10.0 Å². The van der Waals surface area contributed by atoms with Crippen LogP contribution in [0, 0.1) is 19.8 Å². The highest BCUT2D eigenvalue weighted by Crippen LogP contribution is 2.24. The third-order valence-electron chi connectivity index (χ3n) is 3.91. The summed E-state index contributed by atoms with van der Waals surface area (Å²) in [6.45, 7) is 5.69. The van der Waals surface area contributed by atoms with E-state index in [1.807, 2.05) is 0 Å². The van der Waals surface area contributed by atoms with Gasteiger partial charge in [-0.1, -0.05) is 19.8 Å². The minimum Gasteiger partial charge on any atom is -0.281 e. The molecule has 2 atom stereocenters. The molecule has 6 heteroatoms. The number of nitrogens with zero attached hydrogens (tertiary/aromatic N) is 1. The van der Waals surface area contributed by atoms with Gasteiger partial charge in [0.1, 0.15) is 4.90 Å². The number of hydrogen-bond acceptors (Lipinski definition) is 3. The highest BCUT2D eigenvalue weighted by atomic mass is 32.2. The molecule has 1 aliphatic rings. The molecule has 0 radical (unpaired) electrons. The Morgan fingerprint density at radius 2 is 1.95 bits per heavy atom. The van der Waals surface area contributed by atoms with Crippen LogP contribution in [-0.4, -0.2) is 24.7 Å². The molecule has 1 heterocycles. The summed E-state index contributed by atoms with van der Waals surface area (Å²) in [4.78, 5) is 0.310. The Morgan fingerprint density at radius 1 is 1.21 bits per heavy atom. The van der Waals surface area contributed by atoms with Crippen LogP contribution in [0.3, 0.4) is 0 Å². The van der Waals surface area contributed by atoms with E-state index in [1.165, 1.54) is 6.42 Å². The van der Waals surface area contributed by atoms with Crippen LogP contribution < -0.4 is 4.72 Å². The summed E-state index contributed by atoms with van der Waals surface area (Å²) in [5.41, 5.74) is 1.14. The maximum Gasteiger partial charge on any atom is 0.244 e. The minimum atomic E-state index is -3.46. The third-order valence-corrected chi connectivity index (χ3v) is 5.69. The van der Waals surface area contributed by atoms with Gasteiger partial charge in [0.25, 0.3) is 0 Å². The van der Waals surface area contributed by atoms with Gasteiger partial charge in [-0.15, -0.1) is 0 Å². The molecule has 2 N–H and O–H groups in total. The van der Waals surface area contributed by atoms with Gasteiger partial charge in [0, 0.05) is 6.04 Å². The van der Waals surface area contributed by atoms with Gasteiger partial charge in [0.15, 0.2) is 0 Å². The van der Waals surface area contributed by atoms with Gasteiger partial charge in [-0.2, -0.15) is 5.10 Å². The van der Waals surface area contributed by atoms with Crippen LogP contribution in [0.5, 0.6) is 0 Å². The smallest absolute Gasteiger partial charge is 0.244 e. The Hall–Kier alpha value is -0.880. The molecule has 0 bridgehead atoms. The second-order valence-electron chi connectivity index (χ2n) is 5.69. The molecule has 1 fully saturated rings. The zero-order valence-corrected chi connectivity index (χ0v) is 12.7. The SMILES string of the molecule is Cc1n[nH]c(C)c1S(=O)(=O)NC1CCCC(C)CC1. The fourth-order valence-corrected chi connectivity index (χ4v) is 4.50. The van der Waals surface area contributed by atoms with Crippen molar-refractivity contribution in [2.24, 2.45) is 5.92 Å². The number of hydrogen-bond donors (Lipinski definition) is 2. The van der Waals surface area contributed by atoms with Crippen molar-refractivity contribution in [2.75, 3.05) is 0 Å². The zero-order chi connectivity index (χ0) is 14.0. The second-order valence-corrected chi connectivity index (χ2v) is 7.35. The predicted molar refractivity (Wildman–Crippen MR) is 74.4 cm³/mol. The highest BCUT2D eigenvalue weighted by molar-refractivity contribution is 7.89. The largest absolute Gasteiger partial charge is 0.281 e. The van der Waals surface area contributed by atoms with Crippen LogP contribution in [-0.2, 0) is 10.0 Å². The fourth-order valence-electron chi connectivity index (χ4n) is 2.82. The van der Waals surface area contributed by atoms with Gasteiger partial charge in [-0.25, -0.2) is 13.1 Å². The Bertz CT molecular complexity index is 517. The summed E-state index contributed by atoms with van der Waals surface area (Å²) in [5.74, 6) is 0.701. The van der Waals surface area contributed by atoms with Crippen LogP contribution in [0.2, 0.25) is 0 Å². The lowest BCUT2D eigenvalue weighted by Crippen LogP contribution is -2.35. The molecule has 1 aromatic heterocycles. The number of aromatic nitrogens is 2. The molecule has 0 spiro atoms. The Morgan fingerprint density at radius 3 is 2.58 bits per heavy atom. The second kappa shape index (κ2) is 5.63. The molecule has 5 nitrogen and oxygen atoms in total. The molecular weight excluding hydrogens is 262 g/mol. The van der Waals surface area contributed by atoms with Gasteiger partial charge in [0.2, 0.25) is 10.0 Å². The van der Waals surface area contributed by atoms with E-state index in [1.54, 1.807) is 13.8 Å². The fraction of sp³-hybridized carbons (Fsp3) is 0.769. The Labute approximate surface area is 115 Å². The maximum absolute atomic E-state index is 12.4. The summed E-state index contributed by atoms with van der Waals surface area (Å²) in [7, 11) is -3.46. The van der Waals surface area contributed by atoms with Crippen LogP contribution >= 0.6 is 0 Å². The first-order valence-electron chi connectivity index (χ1n) is 6.94. The average Bonchev–Trinajstić information content (AvgIpc) is 2.53. The van der Waals surface area contributed by atoms with Crippen molar-refractivity contribution in [1.82, 2.24) is 14.9 Å². The lowest BCUT2D eigenvalue weighted by molar-refractivity contribution is 0.484. The molecule has 1 saturated carbocycles. The van der Waals surface area contributed by atoms with Gasteiger partial charge in [-0.05, 0) is 39.0 Å². The van der Waals surface area contributed by atoms with E-state index in [0.29, 0.717) is 22.2 Å². The number of rotatable bonds is 3. The minimum absolute atomic E-state index is 0.0589. The molecule has 108 valence electrons. The molecule has 1 aromatic rings. The van der Waals surface area contributed by atoms with Crippen molar-refractivity contribution in [2.45, 2.75) is 63.8 Å². The summed E-state index contributed by atoms with van der Waals surface area (Å²) in [6.07, 6.45) is 5.24. The Kier molecular flexibility index (Phi) is 4.30. The number of aryl methyl sites for hydroxylation is 2. The number of aromatic amines is 1. The highest BCUT2D eigenvalue weighted by Gasteiger charge is 2.26. The van der Waals surface area contributed by atoms with Gasteiger partial charge in [0.05, 0.1) is 11.4 Å². The number of sulfonamides is 1. The standard InChI is InChI=1S/C13H23N3O2S/c1-9-5-4-6-12(8-7-9)16-19(17,18)13-10(2)14-15-11(13)3/h9,12,16H,4-8H2,1-3H3,(H,14,15). The normalized spacial score (nSPS) is 25.2. The predicted octanol–water partition coefficient (Wildman–Crippen LogP) is 2.27. The number of H-pyrrole nitrogens is 1. The molecule has 0 amide bonds. The quantitative estimate of drug-likeness (QED) is 0.837. The third kappa shape index (κ3) is 3.36. The molecule has 2 unspecified atom stereocenters. The van der Waals surface area contributed by atoms with Crippen LogP contribution in [0.15, 0.2) is 4.90 Å². The van der Waals surface area contributed by atoms with E-state index in [9.17, 15) is 8.42 Å². The molecule has 2 rings (SSSR count). The molecular formula is C13H23N3O2S. The van der Waals surface area contributed by atoms with Gasteiger partial charge < -0.3 is 0 Å². The van der Waals surface area contributed by atoms with Gasteiger partial charge >= 0.3 is 0 Å². The summed E-state index contributed by atoms with van der Waals surface area (Å²) in [6, 6.07) is 0.0589. The van der Waals surface area contributed by atoms with E-state index >= 15 is 0 Å². The first kappa shape index (κ1) is 14.5. The topological polar surface area (TPSA) is 74.8 Å². The van der Waals surface area contributed by atoms with Crippen molar-refractivity contribution in [3.8, 4) is 0 Å². The average molecular weight is 285 g/mol. The molecule has 0 aromatic carbocycles. The molecule has 19 heavy (non-hydrogen) atoms. The van der Waals surface area contributed by atoms with E-state index in [0.717, 1.165) is 25.7 Å². The summed E-state index contributed by atoms with van der Waals surface area (Å²) >= 11 is 0. The van der Waals surface area contributed by atoms with Crippen molar-refractivity contribution in [3.63, 3.8) is 0 Å². The van der Waals surface area contributed by atoms with Crippen LogP contribution in [0.25, 0.3) is 0 Å². The summed E-state index contributed by atoms with van der Waals surface area (Å²) in [5, 5.41) is 6.69. The molecule has 0 aliphatic heterocycles. The van der Waals surface area contributed by atoms with Crippen molar-refractivity contribution >= 4 is 10.0 Å².